The molecular weight excluding hydrogens is 390 g/mol. The topological polar surface area (TPSA) is 112 Å². The van der Waals surface area contributed by atoms with E-state index in [9.17, 15) is 8.42 Å². The minimum Gasteiger partial charge on any atom is -0.380 e. The molecule has 9 heteroatoms. The number of anilines is 1. The van der Waals surface area contributed by atoms with E-state index < -0.39 is 9.84 Å². The van der Waals surface area contributed by atoms with E-state index >= 15 is 0 Å². The maximum absolute atomic E-state index is 11.4. The van der Waals surface area contributed by atoms with Gasteiger partial charge in [-0.3, -0.25) is 0 Å². The molecule has 2 aliphatic rings. The molecule has 0 amide bonds. The second-order valence-electron chi connectivity index (χ2n) is 7.82. The molecule has 4 rings (SSSR count). The molecule has 2 fully saturated rings. The zero-order valence-electron chi connectivity index (χ0n) is 16.4. The summed E-state index contributed by atoms with van der Waals surface area (Å²) in [5, 5.41) is 15.0. The van der Waals surface area contributed by atoms with E-state index in [0.29, 0.717) is 23.0 Å². The van der Waals surface area contributed by atoms with Crippen LogP contribution in [0.5, 0.6) is 0 Å². The van der Waals surface area contributed by atoms with Crippen molar-refractivity contribution in [2.24, 2.45) is 0 Å². The van der Waals surface area contributed by atoms with E-state index in [1.807, 2.05) is 19.1 Å². The molecule has 0 spiro atoms. The molecule has 0 atom stereocenters. The third kappa shape index (κ3) is 4.19. The van der Waals surface area contributed by atoms with Crippen LogP contribution in [0.1, 0.15) is 37.1 Å². The molecule has 0 unspecified atom stereocenters. The molecule has 3 heterocycles. The normalized spacial score (nSPS) is 19.6. The third-order valence-electron chi connectivity index (χ3n) is 5.56. The van der Waals surface area contributed by atoms with Crippen molar-refractivity contribution in [2.45, 2.75) is 31.7 Å². The number of allylic oxidation sites excluding steroid dienone is 1. The van der Waals surface area contributed by atoms with Crippen LogP contribution in [0.25, 0.3) is 11.4 Å². The van der Waals surface area contributed by atoms with Crippen LogP contribution in [0.3, 0.4) is 0 Å². The van der Waals surface area contributed by atoms with E-state index in [-0.39, 0.29) is 23.5 Å². The summed E-state index contributed by atoms with van der Waals surface area (Å²) in [6, 6.07) is 5.37. The van der Waals surface area contributed by atoms with Crippen LogP contribution in [0.4, 0.5) is 5.69 Å². The first-order valence-corrected chi connectivity index (χ1v) is 11.5. The van der Waals surface area contributed by atoms with Crippen molar-refractivity contribution >= 4 is 21.7 Å². The highest BCUT2D eigenvalue weighted by Gasteiger charge is 2.33. The molecule has 1 aromatic heterocycles. The van der Waals surface area contributed by atoms with Crippen LogP contribution in [0.2, 0.25) is 0 Å². The summed E-state index contributed by atoms with van der Waals surface area (Å²) in [4.78, 5) is 6.87. The van der Waals surface area contributed by atoms with Crippen LogP contribution < -0.4 is 5.32 Å². The van der Waals surface area contributed by atoms with Gasteiger partial charge in [-0.2, -0.15) is 4.98 Å². The Bertz CT molecular complexity index is 1030. The molecular formula is C20H25N5O3S. The molecule has 0 aliphatic carbocycles. The number of hydrogen-bond acceptors (Lipinski definition) is 8. The molecule has 2 saturated heterocycles. The number of benzene rings is 1. The minimum atomic E-state index is -2.92. The number of likely N-dealkylation sites (tertiary alicyclic amines) is 1. The summed E-state index contributed by atoms with van der Waals surface area (Å²) in [6.45, 7) is 7.89. The Hall–Kier alpha value is -2.68. The standard InChI is InChI=1S/C20H25N5O3S/c1-13(2)25-7-5-14(6-8-25)20-23-19(24-28-20)15-3-4-16(10-21)18(9-15)22-17-11-29(26,27)12-17/h3-4,9-10,14,17,21-22H,1,5-8,11-12H2,2H3. The molecule has 0 saturated carbocycles. The van der Waals surface area contributed by atoms with Gasteiger partial charge in [0.1, 0.15) is 0 Å². The van der Waals surface area contributed by atoms with Gasteiger partial charge in [0.05, 0.1) is 17.5 Å². The molecule has 29 heavy (non-hydrogen) atoms. The Morgan fingerprint density at radius 2 is 2.07 bits per heavy atom. The zero-order chi connectivity index (χ0) is 20.6. The number of piperidine rings is 1. The molecule has 0 radical (unpaired) electrons. The first-order valence-electron chi connectivity index (χ1n) is 9.70. The third-order valence-corrected chi connectivity index (χ3v) is 7.38. The van der Waals surface area contributed by atoms with Crippen LogP contribution in [0, 0.1) is 5.41 Å². The van der Waals surface area contributed by atoms with Gasteiger partial charge in [0.25, 0.3) is 0 Å². The Kier molecular flexibility index (Phi) is 5.16. The van der Waals surface area contributed by atoms with Crippen LogP contribution in [-0.2, 0) is 9.84 Å². The number of nitrogens with one attached hydrogen (secondary N) is 2. The molecule has 2 N–H and O–H groups in total. The number of rotatable bonds is 6. The van der Waals surface area contributed by atoms with Gasteiger partial charge in [-0.15, -0.1) is 0 Å². The number of aromatic nitrogens is 2. The lowest BCUT2D eigenvalue weighted by atomic mass is 9.96. The van der Waals surface area contributed by atoms with Gasteiger partial charge in [0.15, 0.2) is 9.84 Å². The summed E-state index contributed by atoms with van der Waals surface area (Å²) < 4.78 is 28.4. The maximum atomic E-state index is 11.4. The van der Waals surface area contributed by atoms with Crippen molar-refractivity contribution in [3.05, 3.63) is 41.9 Å². The molecule has 2 aromatic rings. The lowest BCUT2D eigenvalue weighted by Crippen LogP contribution is -2.46. The number of nitrogens with zero attached hydrogens (tertiary/aromatic N) is 3. The quantitative estimate of drug-likeness (QED) is 0.698. The summed E-state index contributed by atoms with van der Waals surface area (Å²) in [7, 11) is -2.92. The largest absolute Gasteiger partial charge is 0.380 e. The Balaban J connectivity index is 1.50. The van der Waals surface area contributed by atoms with Crippen molar-refractivity contribution < 1.29 is 12.9 Å². The summed E-state index contributed by atoms with van der Waals surface area (Å²) >= 11 is 0. The Morgan fingerprint density at radius 1 is 1.34 bits per heavy atom. The lowest BCUT2D eigenvalue weighted by Gasteiger charge is -2.32. The van der Waals surface area contributed by atoms with Crippen molar-refractivity contribution in [1.82, 2.24) is 15.0 Å². The van der Waals surface area contributed by atoms with E-state index in [2.05, 4.69) is 26.9 Å². The highest BCUT2D eigenvalue weighted by molar-refractivity contribution is 7.92. The van der Waals surface area contributed by atoms with Crippen LogP contribution in [-0.4, -0.2) is 60.3 Å². The SMILES string of the molecule is C=C(C)N1CCC(c2nc(-c3ccc(C=N)c(NC4CS(=O)(=O)C4)c3)no2)CC1. The summed E-state index contributed by atoms with van der Waals surface area (Å²) in [5.74, 6) is 1.62. The highest BCUT2D eigenvalue weighted by Crippen LogP contribution is 2.31. The predicted octanol–water partition coefficient (Wildman–Crippen LogP) is 2.66. The highest BCUT2D eigenvalue weighted by atomic mass is 32.2. The van der Waals surface area contributed by atoms with Gasteiger partial charge in [0, 0.05) is 47.7 Å². The average Bonchev–Trinajstić information content (AvgIpc) is 3.17. The van der Waals surface area contributed by atoms with Gasteiger partial charge in [-0.25, -0.2) is 8.42 Å². The van der Waals surface area contributed by atoms with Crippen LogP contribution in [0.15, 0.2) is 35.0 Å². The molecule has 0 bridgehead atoms. The van der Waals surface area contributed by atoms with Crippen molar-refractivity contribution in [3.63, 3.8) is 0 Å². The molecule has 1 aromatic carbocycles. The maximum Gasteiger partial charge on any atom is 0.230 e. The first kappa shape index (κ1) is 19.6. The minimum absolute atomic E-state index is 0.115. The summed E-state index contributed by atoms with van der Waals surface area (Å²) in [6.07, 6.45) is 3.14. The van der Waals surface area contributed by atoms with Gasteiger partial charge in [0.2, 0.25) is 11.7 Å². The van der Waals surface area contributed by atoms with E-state index in [1.54, 1.807) is 6.07 Å². The zero-order valence-corrected chi connectivity index (χ0v) is 17.2. The van der Waals surface area contributed by atoms with E-state index in [1.165, 1.54) is 6.21 Å². The van der Waals surface area contributed by atoms with Crippen molar-refractivity contribution in [1.29, 1.82) is 5.41 Å². The number of sulfone groups is 1. The number of hydrogen-bond donors (Lipinski definition) is 2. The van der Waals surface area contributed by atoms with Gasteiger partial charge in [-0.1, -0.05) is 23.9 Å². The second kappa shape index (κ2) is 7.62. The Labute approximate surface area is 170 Å². The van der Waals surface area contributed by atoms with Gasteiger partial charge < -0.3 is 20.1 Å². The van der Waals surface area contributed by atoms with Gasteiger partial charge >= 0.3 is 0 Å². The van der Waals surface area contributed by atoms with Gasteiger partial charge in [-0.05, 0) is 25.8 Å². The average molecular weight is 416 g/mol. The smallest absolute Gasteiger partial charge is 0.230 e. The lowest BCUT2D eigenvalue weighted by molar-refractivity contribution is 0.234. The van der Waals surface area contributed by atoms with Crippen molar-refractivity contribution in [3.8, 4) is 11.4 Å². The Morgan fingerprint density at radius 3 is 2.69 bits per heavy atom. The molecule has 154 valence electrons. The second-order valence-corrected chi connectivity index (χ2v) is 9.97. The molecule has 8 nitrogen and oxygen atoms in total. The molecule has 2 aliphatic heterocycles. The summed E-state index contributed by atoms with van der Waals surface area (Å²) in [5.41, 5.74) is 3.25. The monoisotopic (exact) mass is 415 g/mol. The van der Waals surface area contributed by atoms with E-state index in [0.717, 1.165) is 37.2 Å². The first-order chi connectivity index (χ1) is 13.8. The fraction of sp³-hybridized carbons (Fsp3) is 0.450. The fourth-order valence-corrected chi connectivity index (χ4v) is 5.14. The van der Waals surface area contributed by atoms with E-state index in [4.69, 9.17) is 9.93 Å². The van der Waals surface area contributed by atoms with Crippen molar-refractivity contribution in [2.75, 3.05) is 29.9 Å². The predicted molar refractivity (Wildman–Crippen MR) is 112 cm³/mol. The fourth-order valence-electron chi connectivity index (χ4n) is 3.84. The van der Waals surface area contributed by atoms with Crippen LogP contribution >= 0.6 is 0 Å².